The summed E-state index contributed by atoms with van der Waals surface area (Å²) in [5.41, 5.74) is 0.676. The van der Waals surface area contributed by atoms with Crippen molar-refractivity contribution >= 4 is 17.4 Å². The summed E-state index contributed by atoms with van der Waals surface area (Å²) in [6.45, 7) is 3.59. The van der Waals surface area contributed by atoms with E-state index in [-0.39, 0.29) is 33.9 Å². The Labute approximate surface area is 161 Å². The van der Waals surface area contributed by atoms with Gasteiger partial charge in [0.1, 0.15) is 18.1 Å². The Hall–Kier alpha value is -2.37. The van der Waals surface area contributed by atoms with Crippen LogP contribution in [0.5, 0.6) is 5.75 Å². The first-order valence-electron chi connectivity index (χ1n) is 8.76. The summed E-state index contributed by atoms with van der Waals surface area (Å²) >= 11 is 6.02. The predicted molar refractivity (Wildman–Crippen MR) is 99.9 cm³/mol. The Morgan fingerprint density at radius 3 is 2.56 bits per heavy atom. The number of Topliss-reactive ketones (excluding diaryl/α,β-unsaturated/α-hetero) is 1. The zero-order valence-corrected chi connectivity index (χ0v) is 15.8. The van der Waals surface area contributed by atoms with Crippen molar-refractivity contribution in [3.8, 4) is 5.75 Å². The zero-order chi connectivity index (χ0) is 19.3. The quantitative estimate of drug-likeness (QED) is 0.845. The number of aliphatic hydroxyl groups is 1. The number of carbonyl (C=O) groups excluding carboxylic acids is 1. The van der Waals surface area contributed by atoms with Crippen LogP contribution in [0.3, 0.4) is 0 Å². The lowest BCUT2D eigenvalue weighted by atomic mass is 9.71. The van der Waals surface area contributed by atoms with E-state index in [0.717, 1.165) is 5.56 Å². The second-order valence-corrected chi connectivity index (χ2v) is 8.23. The average molecular weight is 387 g/mol. The molecule has 0 bridgehead atoms. The normalized spacial score (nSPS) is 20.7. The Morgan fingerprint density at radius 2 is 1.89 bits per heavy atom. The maximum Gasteiger partial charge on any atom is 0.228 e. The van der Waals surface area contributed by atoms with Gasteiger partial charge in [-0.15, -0.1) is 0 Å². The monoisotopic (exact) mass is 386 g/mol. The molecule has 1 N–H and O–H groups in total. The fourth-order valence-corrected chi connectivity index (χ4v) is 3.96. The van der Waals surface area contributed by atoms with Crippen molar-refractivity contribution in [2.45, 2.75) is 39.2 Å². The summed E-state index contributed by atoms with van der Waals surface area (Å²) in [4.78, 5) is 25.6. The Balaban J connectivity index is 1.98. The van der Waals surface area contributed by atoms with E-state index in [1.165, 1.54) is 6.07 Å². The van der Waals surface area contributed by atoms with E-state index in [1.54, 1.807) is 12.1 Å². The minimum absolute atomic E-state index is 0.0242. The third-order valence-corrected chi connectivity index (χ3v) is 5.25. The number of ether oxygens (including phenoxy) is 1. The molecule has 1 atom stereocenters. The molecular weight excluding hydrogens is 368 g/mol. The van der Waals surface area contributed by atoms with Gasteiger partial charge in [-0.25, -0.2) is 0 Å². The molecule has 0 radical (unpaired) electrons. The number of carbonyl (C=O) groups is 1. The Kier molecular flexibility index (Phi) is 4.24. The first-order valence-corrected chi connectivity index (χ1v) is 9.14. The van der Waals surface area contributed by atoms with Gasteiger partial charge < -0.3 is 14.3 Å². The highest BCUT2D eigenvalue weighted by Crippen LogP contribution is 2.49. The van der Waals surface area contributed by atoms with Gasteiger partial charge in [0.15, 0.2) is 11.5 Å². The third-order valence-electron chi connectivity index (χ3n) is 5.00. The van der Waals surface area contributed by atoms with Crippen LogP contribution in [-0.2, 0) is 11.4 Å². The van der Waals surface area contributed by atoms with E-state index in [1.807, 2.05) is 26.0 Å². The number of rotatable bonds is 2. The minimum atomic E-state index is -0.566. The summed E-state index contributed by atoms with van der Waals surface area (Å²) < 4.78 is 11.7. The number of hydrogen-bond donors (Lipinski definition) is 1. The molecule has 5 nitrogen and oxygen atoms in total. The Morgan fingerprint density at radius 1 is 1.19 bits per heavy atom. The van der Waals surface area contributed by atoms with Crippen LogP contribution in [-0.4, -0.2) is 10.9 Å². The van der Waals surface area contributed by atoms with Gasteiger partial charge in [0.05, 0.1) is 5.92 Å². The lowest BCUT2D eigenvalue weighted by Gasteiger charge is -2.37. The Bertz CT molecular complexity index is 1010. The van der Waals surface area contributed by atoms with E-state index < -0.39 is 12.5 Å². The molecule has 1 aromatic heterocycles. The van der Waals surface area contributed by atoms with Crippen LogP contribution in [0, 0.1) is 5.41 Å². The lowest BCUT2D eigenvalue weighted by Crippen LogP contribution is -2.34. The highest BCUT2D eigenvalue weighted by Gasteiger charge is 2.44. The molecule has 4 rings (SSSR count). The molecule has 1 aliphatic carbocycles. The second kappa shape index (κ2) is 6.36. The SMILES string of the molecule is CC1(C)CC(=O)C2=C(C1)Oc1c(oc(CO)cc1=O)C2c1ccc(Cl)cc1. The molecular formula is C21H19ClO5. The van der Waals surface area contributed by atoms with Crippen LogP contribution in [0.25, 0.3) is 0 Å². The maximum absolute atomic E-state index is 13.0. The van der Waals surface area contributed by atoms with Crippen LogP contribution < -0.4 is 10.2 Å². The molecule has 1 aromatic carbocycles. The summed E-state index contributed by atoms with van der Waals surface area (Å²) in [7, 11) is 0. The van der Waals surface area contributed by atoms with Crippen LogP contribution >= 0.6 is 11.6 Å². The van der Waals surface area contributed by atoms with Crippen LogP contribution in [0.4, 0.5) is 0 Å². The van der Waals surface area contributed by atoms with Crippen LogP contribution in [0.2, 0.25) is 5.02 Å². The average Bonchev–Trinajstić information content (AvgIpc) is 2.60. The number of hydrogen-bond acceptors (Lipinski definition) is 5. The van der Waals surface area contributed by atoms with Crippen molar-refractivity contribution in [1.29, 1.82) is 0 Å². The van der Waals surface area contributed by atoms with Crippen molar-refractivity contribution < 1.29 is 19.1 Å². The number of allylic oxidation sites excluding steroid dienone is 2. The van der Waals surface area contributed by atoms with Gasteiger partial charge in [0.2, 0.25) is 11.2 Å². The van der Waals surface area contributed by atoms with Crippen molar-refractivity contribution in [3.05, 3.63) is 74.0 Å². The van der Waals surface area contributed by atoms with E-state index in [2.05, 4.69) is 0 Å². The third kappa shape index (κ3) is 3.11. The van der Waals surface area contributed by atoms with E-state index in [4.69, 9.17) is 20.8 Å². The number of halogens is 1. The highest BCUT2D eigenvalue weighted by molar-refractivity contribution is 6.30. The van der Waals surface area contributed by atoms with Gasteiger partial charge in [0.25, 0.3) is 0 Å². The standard InChI is InChI=1S/C21H19ClO5/c1-21(2)8-15(25)18-16(9-21)27-19-14(24)7-13(10-23)26-20(19)17(18)11-3-5-12(22)6-4-11/h3-7,17,23H,8-10H2,1-2H3. The van der Waals surface area contributed by atoms with E-state index in [9.17, 15) is 14.7 Å². The molecule has 1 unspecified atom stereocenters. The molecule has 140 valence electrons. The van der Waals surface area contributed by atoms with Crippen molar-refractivity contribution in [3.63, 3.8) is 0 Å². The van der Waals surface area contributed by atoms with Gasteiger partial charge in [-0.2, -0.15) is 0 Å². The molecule has 0 saturated carbocycles. The summed E-state index contributed by atoms with van der Waals surface area (Å²) in [5.74, 6) is 0.395. The fraction of sp³-hybridized carbons (Fsp3) is 0.333. The number of ketones is 1. The molecule has 2 aliphatic rings. The maximum atomic E-state index is 13.0. The smallest absolute Gasteiger partial charge is 0.228 e. The van der Waals surface area contributed by atoms with Crippen molar-refractivity contribution in [2.24, 2.45) is 5.41 Å². The van der Waals surface area contributed by atoms with Gasteiger partial charge in [-0.05, 0) is 23.1 Å². The number of fused-ring (bicyclic) bond motifs is 1. The van der Waals surface area contributed by atoms with Crippen LogP contribution in [0.15, 0.2) is 50.9 Å². The predicted octanol–water partition coefficient (Wildman–Crippen LogP) is 3.95. The number of aliphatic hydroxyl groups excluding tert-OH is 1. The van der Waals surface area contributed by atoms with Gasteiger partial charge in [-0.3, -0.25) is 9.59 Å². The molecule has 2 heterocycles. The molecule has 0 amide bonds. The van der Waals surface area contributed by atoms with Crippen molar-refractivity contribution in [2.75, 3.05) is 0 Å². The molecule has 27 heavy (non-hydrogen) atoms. The van der Waals surface area contributed by atoms with Gasteiger partial charge >= 0.3 is 0 Å². The van der Waals surface area contributed by atoms with Crippen LogP contribution in [0.1, 0.15) is 49.7 Å². The summed E-state index contributed by atoms with van der Waals surface area (Å²) in [6.07, 6.45) is 0.942. The van der Waals surface area contributed by atoms with Crippen molar-refractivity contribution in [1.82, 2.24) is 0 Å². The fourth-order valence-electron chi connectivity index (χ4n) is 3.84. The lowest BCUT2D eigenvalue weighted by molar-refractivity contribution is -0.118. The summed E-state index contributed by atoms with van der Waals surface area (Å²) in [6, 6.07) is 8.31. The van der Waals surface area contributed by atoms with Gasteiger partial charge in [-0.1, -0.05) is 37.6 Å². The molecule has 2 aromatic rings. The largest absolute Gasteiger partial charge is 0.458 e. The molecule has 0 saturated heterocycles. The molecule has 1 aliphatic heterocycles. The van der Waals surface area contributed by atoms with E-state index >= 15 is 0 Å². The topological polar surface area (TPSA) is 76.7 Å². The molecule has 0 fully saturated rings. The first kappa shape index (κ1) is 18.0. The highest BCUT2D eigenvalue weighted by atomic mass is 35.5. The molecule has 0 spiro atoms. The minimum Gasteiger partial charge on any atom is -0.458 e. The molecule has 6 heteroatoms. The zero-order valence-electron chi connectivity index (χ0n) is 15.0. The second-order valence-electron chi connectivity index (χ2n) is 7.79. The van der Waals surface area contributed by atoms with E-state index in [0.29, 0.717) is 29.2 Å². The number of benzene rings is 1. The first-order chi connectivity index (χ1) is 12.8. The summed E-state index contributed by atoms with van der Waals surface area (Å²) in [5, 5.41) is 10.0. The van der Waals surface area contributed by atoms with Gasteiger partial charge in [0, 0.05) is 29.5 Å².